The first-order valence-corrected chi connectivity index (χ1v) is 6.01. The fraction of sp³-hybridized carbons (Fsp3) is 0.778. The van der Waals surface area contributed by atoms with Crippen molar-refractivity contribution in [3.8, 4) is 12.3 Å². The van der Waals surface area contributed by atoms with Gasteiger partial charge in [0.25, 0.3) is 10.1 Å². The van der Waals surface area contributed by atoms with E-state index in [1.807, 2.05) is 13.8 Å². The molecule has 0 aliphatic carbocycles. The minimum atomic E-state index is -3.43. The van der Waals surface area contributed by atoms with Gasteiger partial charge in [0.2, 0.25) is 0 Å². The highest BCUT2D eigenvalue weighted by Gasteiger charge is 2.12. The van der Waals surface area contributed by atoms with Crippen molar-refractivity contribution in [2.24, 2.45) is 5.92 Å². The largest absolute Gasteiger partial charge is 0.265 e. The molecule has 0 aliphatic rings. The van der Waals surface area contributed by atoms with Crippen LogP contribution in [0.1, 0.15) is 26.7 Å². The van der Waals surface area contributed by atoms with Crippen molar-refractivity contribution in [3.63, 3.8) is 0 Å². The third-order valence-electron chi connectivity index (χ3n) is 1.48. The van der Waals surface area contributed by atoms with E-state index in [9.17, 15) is 8.42 Å². The second kappa shape index (κ2) is 5.25. The van der Waals surface area contributed by atoms with Gasteiger partial charge in [-0.3, -0.25) is 4.18 Å². The van der Waals surface area contributed by atoms with E-state index in [0.717, 1.165) is 12.7 Å². The van der Waals surface area contributed by atoms with Crippen molar-refractivity contribution < 1.29 is 12.6 Å². The van der Waals surface area contributed by atoms with Crippen molar-refractivity contribution in [2.75, 3.05) is 6.26 Å². The quantitative estimate of drug-likeness (QED) is 0.502. The van der Waals surface area contributed by atoms with Gasteiger partial charge in [0.15, 0.2) is 0 Å². The summed E-state index contributed by atoms with van der Waals surface area (Å²) in [5, 5.41) is 0. The van der Waals surface area contributed by atoms with E-state index in [2.05, 4.69) is 10.1 Å². The van der Waals surface area contributed by atoms with Crippen molar-refractivity contribution in [1.82, 2.24) is 0 Å². The van der Waals surface area contributed by atoms with E-state index in [1.165, 1.54) is 0 Å². The molecule has 0 spiro atoms. The van der Waals surface area contributed by atoms with Crippen LogP contribution in [0.2, 0.25) is 0 Å². The molecule has 0 fully saturated rings. The first-order chi connectivity index (χ1) is 5.85. The summed E-state index contributed by atoms with van der Waals surface area (Å²) in [7, 11) is -3.43. The Kier molecular flexibility index (Phi) is 5.04. The molecule has 0 aliphatic heterocycles. The molecule has 0 heterocycles. The molecule has 1 atom stereocenters. The normalized spacial score (nSPS) is 14.1. The summed E-state index contributed by atoms with van der Waals surface area (Å²) < 4.78 is 26.1. The van der Waals surface area contributed by atoms with Crippen LogP contribution in [-0.4, -0.2) is 20.8 Å². The Bertz CT molecular complexity index is 272. The van der Waals surface area contributed by atoms with Crippen LogP contribution in [0.15, 0.2) is 0 Å². The van der Waals surface area contributed by atoms with Gasteiger partial charge in [-0.2, -0.15) is 8.42 Å². The Morgan fingerprint density at radius 2 is 1.92 bits per heavy atom. The van der Waals surface area contributed by atoms with Gasteiger partial charge in [0, 0.05) is 0 Å². The third kappa shape index (κ3) is 7.82. The summed E-state index contributed by atoms with van der Waals surface area (Å²) in [6.07, 6.45) is 6.97. The molecule has 0 amide bonds. The van der Waals surface area contributed by atoms with Gasteiger partial charge in [-0.05, 0) is 18.8 Å². The monoisotopic (exact) mass is 204 g/mol. The van der Waals surface area contributed by atoms with E-state index in [1.54, 1.807) is 0 Å². The standard InChI is InChI=1S/C9H16O3S/c1-5-9(7-6-8(2)3)12-13(4,10)11/h1,8-9H,6-7H2,2-4H3. The molecule has 1 unspecified atom stereocenters. The summed E-state index contributed by atoms with van der Waals surface area (Å²) in [5.41, 5.74) is 0. The van der Waals surface area contributed by atoms with Gasteiger partial charge in [0.05, 0.1) is 6.26 Å². The number of terminal acetylenes is 1. The van der Waals surface area contributed by atoms with E-state index in [0.29, 0.717) is 12.3 Å². The molecule has 13 heavy (non-hydrogen) atoms. The predicted molar refractivity (Wildman–Crippen MR) is 52.6 cm³/mol. The highest BCUT2D eigenvalue weighted by molar-refractivity contribution is 7.86. The maximum absolute atomic E-state index is 10.7. The minimum absolute atomic E-state index is 0.499. The SMILES string of the molecule is C#CC(CCC(C)C)OS(C)(=O)=O. The minimum Gasteiger partial charge on any atom is -0.254 e. The topological polar surface area (TPSA) is 43.4 Å². The molecule has 0 bridgehead atoms. The number of rotatable bonds is 5. The lowest BCUT2D eigenvalue weighted by molar-refractivity contribution is 0.245. The molecule has 0 saturated heterocycles. The van der Waals surface area contributed by atoms with Crippen molar-refractivity contribution in [1.29, 1.82) is 0 Å². The maximum atomic E-state index is 10.7. The zero-order valence-electron chi connectivity index (χ0n) is 8.28. The summed E-state index contributed by atoms with van der Waals surface area (Å²) in [5.74, 6) is 2.81. The second-order valence-electron chi connectivity index (χ2n) is 3.43. The van der Waals surface area contributed by atoms with E-state index in [4.69, 9.17) is 6.42 Å². The molecular formula is C9H16O3S. The molecule has 0 aromatic carbocycles. The van der Waals surface area contributed by atoms with Gasteiger partial charge < -0.3 is 0 Å². The average Bonchev–Trinajstić information content (AvgIpc) is 1.95. The first kappa shape index (κ1) is 12.5. The van der Waals surface area contributed by atoms with Gasteiger partial charge in [-0.1, -0.05) is 19.8 Å². The second-order valence-corrected chi connectivity index (χ2v) is 5.03. The van der Waals surface area contributed by atoms with Crippen LogP contribution in [0.3, 0.4) is 0 Å². The Balaban J connectivity index is 4.01. The lowest BCUT2D eigenvalue weighted by Crippen LogP contribution is -2.16. The zero-order valence-corrected chi connectivity index (χ0v) is 9.10. The fourth-order valence-corrected chi connectivity index (χ4v) is 1.43. The van der Waals surface area contributed by atoms with Crippen LogP contribution in [0, 0.1) is 18.3 Å². The summed E-state index contributed by atoms with van der Waals surface area (Å²) in [6, 6.07) is 0. The van der Waals surface area contributed by atoms with Gasteiger partial charge >= 0.3 is 0 Å². The summed E-state index contributed by atoms with van der Waals surface area (Å²) in [4.78, 5) is 0. The number of hydrogen-bond donors (Lipinski definition) is 0. The molecule has 0 aromatic rings. The predicted octanol–water partition coefficient (Wildman–Crippen LogP) is 1.40. The fourth-order valence-electron chi connectivity index (χ4n) is 0.855. The lowest BCUT2D eigenvalue weighted by Gasteiger charge is -2.11. The van der Waals surface area contributed by atoms with Crippen LogP contribution < -0.4 is 0 Å². The van der Waals surface area contributed by atoms with Crippen molar-refractivity contribution in [2.45, 2.75) is 32.8 Å². The van der Waals surface area contributed by atoms with Gasteiger partial charge in [-0.25, -0.2) is 0 Å². The van der Waals surface area contributed by atoms with Crippen LogP contribution in [-0.2, 0) is 14.3 Å². The van der Waals surface area contributed by atoms with Crippen molar-refractivity contribution >= 4 is 10.1 Å². The van der Waals surface area contributed by atoms with E-state index in [-0.39, 0.29) is 0 Å². The van der Waals surface area contributed by atoms with Crippen LogP contribution >= 0.6 is 0 Å². The van der Waals surface area contributed by atoms with Crippen LogP contribution in [0.4, 0.5) is 0 Å². The Hall–Kier alpha value is -0.530. The Morgan fingerprint density at radius 3 is 2.23 bits per heavy atom. The zero-order chi connectivity index (χ0) is 10.5. The van der Waals surface area contributed by atoms with E-state index >= 15 is 0 Å². The molecule has 0 saturated carbocycles. The summed E-state index contributed by atoms with van der Waals surface area (Å²) in [6.45, 7) is 4.10. The van der Waals surface area contributed by atoms with Gasteiger partial charge in [-0.15, -0.1) is 6.42 Å². The van der Waals surface area contributed by atoms with Crippen LogP contribution in [0.5, 0.6) is 0 Å². The molecule has 0 rings (SSSR count). The first-order valence-electron chi connectivity index (χ1n) is 4.19. The molecule has 76 valence electrons. The van der Waals surface area contributed by atoms with Crippen LogP contribution in [0.25, 0.3) is 0 Å². The van der Waals surface area contributed by atoms with E-state index < -0.39 is 16.2 Å². The molecule has 0 N–H and O–H groups in total. The third-order valence-corrected chi connectivity index (χ3v) is 2.06. The van der Waals surface area contributed by atoms with Crippen molar-refractivity contribution in [3.05, 3.63) is 0 Å². The lowest BCUT2D eigenvalue weighted by atomic mass is 10.1. The Labute approximate surface area is 80.6 Å². The highest BCUT2D eigenvalue weighted by Crippen LogP contribution is 2.10. The number of hydrogen-bond acceptors (Lipinski definition) is 3. The highest BCUT2D eigenvalue weighted by atomic mass is 32.2. The molecular weight excluding hydrogens is 188 g/mol. The molecule has 4 heteroatoms. The molecule has 0 radical (unpaired) electrons. The van der Waals surface area contributed by atoms with Gasteiger partial charge in [0.1, 0.15) is 6.10 Å². The maximum Gasteiger partial charge on any atom is 0.265 e. The summed E-state index contributed by atoms with van der Waals surface area (Å²) >= 11 is 0. The smallest absolute Gasteiger partial charge is 0.254 e. The Morgan fingerprint density at radius 1 is 1.38 bits per heavy atom. The average molecular weight is 204 g/mol. The molecule has 0 aromatic heterocycles. The molecule has 3 nitrogen and oxygen atoms in total.